The Kier molecular flexibility index (Phi) is 5.23. The van der Waals surface area contributed by atoms with E-state index in [-0.39, 0.29) is 23.6 Å². The Morgan fingerprint density at radius 1 is 1.08 bits per heavy atom. The lowest BCUT2D eigenvalue weighted by atomic mass is 10.2. The zero-order chi connectivity index (χ0) is 17.8. The van der Waals surface area contributed by atoms with Crippen molar-refractivity contribution in [3.8, 4) is 0 Å². The summed E-state index contributed by atoms with van der Waals surface area (Å²) in [5, 5.41) is 0. The van der Waals surface area contributed by atoms with Crippen molar-refractivity contribution in [2.24, 2.45) is 0 Å². The van der Waals surface area contributed by atoms with Crippen LogP contribution < -0.4 is 21.9 Å². The summed E-state index contributed by atoms with van der Waals surface area (Å²) in [6, 6.07) is 9.50. The van der Waals surface area contributed by atoms with Crippen LogP contribution in [-0.2, 0) is 17.8 Å². The molecule has 134 valence electrons. The summed E-state index contributed by atoms with van der Waals surface area (Å²) in [5.74, 6) is 0.253. The number of nitrogens with two attached hydrogens (primary N) is 1. The summed E-state index contributed by atoms with van der Waals surface area (Å²) in [5.41, 5.74) is 6.86. The fraction of sp³-hybridized carbons (Fsp3) is 0.444. The predicted octanol–water partition coefficient (Wildman–Crippen LogP) is 0.887. The third-order valence-corrected chi connectivity index (χ3v) is 4.40. The number of aromatic nitrogens is 2. The molecule has 0 saturated carbocycles. The average molecular weight is 344 g/mol. The van der Waals surface area contributed by atoms with Crippen LogP contribution in [0.4, 0.5) is 11.5 Å². The Balaban J connectivity index is 2.14. The van der Waals surface area contributed by atoms with E-state index < -0.39 is 0 Å². The number of benzene rings is 1. The predicted molar refractivity (Wildman–Crippen MR) is 98.2 cm³/mol. The summed E-state index contributed by atoms with van der Waals surface area (Å²) in [4.78, 5) is 27.8. The third kappa shape index (κ3) is 3.46. The van der Waals surface area contributed by atoms with Gasteiger partial charge in [0.1, 0.15) is 11.5 Å². The lowest BCUT2D eigenvalue weighted by Gasteiger charge is -2.30. The van der Waals surface area contributed by atoms with Gasteiger partial charge in [0, 0.05) is 19.6 Å². The van der Waals surface area contributed by atoms with Gasteiger partial charge in [-0.25, -0.2) is 4.79 Å². The van der Waals surface area contributed by atoms with E-state index in [4.69, 9.17) is 10.5 Å². The summed E-state index contributed by atoms with van der Waals surface area (Å²) in [7, 11) is 0. The molecule has 0 bridgehead atoms. The first-order chi connectivity index (χ1) is 12.1. The maximum atomic E-state index is 13.1. The minimum Gasteiger partial charge on any atom is -0.383 e. The number of ether oxygens (including phenoxy) is 1. The van der Waals surface area contributed by atoms with E-state index >= 15 is 0 Å². The molecule has 1 saturated heterocycles. The maximum Gasteiger partial charge on any atom is 0.332 e. The number of nitrogen functional groups attached to an aromatic ring is 1. The molecule has 3 rings (SSSR count). The molecule has 0 unspecified atom stereocenters. The molecule has 1 aromatic carbocycles. The fourth-order valence-corrected chi connectivity index (χ4v) is 3.13. The van der Waals surface area contributed by atoms with Gasteiger partial charge in [0.2, 0.25) is 0 Å². The molecule has 0 atom stereocenters. The molecule has 1 fully saturated rings. The Labute approximate surface area is 146 Å². The van der Waals surface area contributed by atoms with Crippen LogP contribution in [0.2, 0.25) is 0 Å². The largest absolute Gasteiger partial charge is 0.383 e. The van der Waals surface area contributed by atoms with Crippen molar-refractivity contribution in [2.45, 2.75) is 26.4 Å². The smallest absolute Gasteiger partial charge is 0.332 e. The summed E-state index contributed by atoms with van der Waals surface area (Å²) >= 11 is 0. The van der Waals surface area contributed by atoms with E-state index in [1.807, 2.05) is 42.2 Å². The molecule has 1 aliphatic rings. The van der Waals surface area contributed by atoms with Gasteiger partial charge in [0.25, 0.3) is 5.56 Å². The lowest BCUT2D eigenvalue weighted by Crippen LogP contribution is -2.47. The molecule has 2 N–H and O–H groups in total. The number of hydrogen-bond donors (Lipinski definition) is 1. The first-order valence-electron chi connectivity index (χ1n) is 8.63. The molecule has 0 amide bonds. The highest BCUT2D eigenvalue weighted by molar-refractivity contribution is 5.62. The van der Waals surface area contributed by atoms with E-state index in [1.165, 1.54) is 9.13 Å². The highest BCUT2D eigenvalue weighted by Gasteiger charge is 2.23. The highest BCUT2D eigenvalue weighted by Crippen LogP contribution is 2.18. The molecule has 7 nitrogen and oxygen atoms in total. The van der Waals surface area contributed by atoms with Crippen molar-refractivity contribution in [2.75, 3.05) is 36.9 Å². The van der Waals surface area contributed by atoms with Crippen LogP contribution in [-0.4, -0.2) is 35.4 Å². The van der Waals surface area contributed by atoms with Gasteiger partial charge in [-0.3, -0.25) is 13.9 Å². The Bertz CT molecular complexity index is 836. The number of morpholine rings is 1. The van der Waals surface area contributed by atoms with Crippen molar-refractivity contribution in [3.63, 3.8) is 0 Å². The van der Waals surface area contributed by atoms with Crippen LogP contribution >= 0.6 is 0 Å². The molecule has 2 heterocycles. The summed E-state index contributed by atoms with van der Waals surface area (Å²) in [6.07, 6.45) is 0.760. The quantitative estimate of drug-likeness (QED) is 0.871. The molecule has 0 spiro atoms. The SMILES string of the molecule is CCCn1c(N)c(N2CCOCC2)c(=O)n(Cc2ccccc2)c1=O. The van der Waals surface area contributed by atoms with Crippen LogP contribution in [0.15, 0.2) is 39.9 Å². The van der Waals surface area contributed by atoms with Crippen LogP contribution in [0.3, 0.4) is 0 Å². The Hall–Kier alpha value is -2.54. The first kappa shape index (κ1) is 17.3. The second-order valence-corrected chi connectivity index (χ2v) is 6.14. The van der Waals surface area contributed by atoms with Gasteiger partial charge in [0.05, 0.1) is 19.8 Å². The first-order valence-corrected chi connectivity index (χ1v) is 8.63. The van der Waals surface area contributed by atoms with E-state index in [1.54, 1.807) is 0 Å². The van der Waals surface area contributed by atoms with E-state index in [0.29, 0.717) is 38.5 Å². The molecular weight excluding hydrogens is 320 g/mol. The standard InChI is InChI=1S/C18H24N4O3/c1-2-8-21-16(19)15(20-9-11-25-12-10-20)17(23)22(18(21)24)13-14-6-4-3-5-7-14/h3-7H,2,8-13,19H2,1H3. The second-order valence-electron chi connectivity index (χ2n) is 6.14. The molecular formula is C18H24N4O3. The number of rotatable bonds is 5. The topological polar surface area (TPSA) is 82.5 Å². The van der Waals surface area contributed by atoms with Crippen LogP contribution in [0, 0.1) is 0 Å². The number of anilines is 2. The van der Waals surface area contributed by atoms with Gasteiger partial charge >= 0.3 is 5.69 Å². The van der Waals surface area contributed by atoms with Gasteiger partial charge < -0.3 is 15.4 Å². The van der Waals surface area contributed by atoms with Gasteiger partial charge in [-0.05, 0) is 12.0 Å². The molecule has 7 heteroatoms. The van der Waals surface area contributed by atoms with Crippen LogP contribution in [0.5, 0.6) is 0 Å². The van der Waals surface area contributed by atoms with Gasteiger partial charge in [-0.15, -0.1) is 0 Å². The Morgan fingerprint density at radius 2 is 1.76 bits per heavy atom. The summed E-state index contributed by atoms with van der Waals surface area (Å²) in [6.45, 7) is 4.98. The maximum absolute atomic E-state index is 13.1. The van der Waals surface area contributed by atoms with Crippen molar-refractivity contribution in [3.05, 3.63) is 56.7 Å². The monoisotopic (exact) mass is 344 g/mol. The number of nitrogens with zero attached hydrogens (tertiary/aromatic N) is 3. The van der Waals surface area contributed by atoms with Crippen molar-refractivity contribution >= 4 is 11.5 Å². The molecule has 2 aromatic rings. The summed E-state index contributed by atoms with van der Waals surface area (Å²) < 4.78 is 8.16. The molecule has 0 radical (unpaired) electrons. The minimum atomic E-state index is -0.356. The zero-order valence-corrected chi connectivity index (χ0v) is 14.5. The minimum absolute atomic E-state index is 0.236. The molecule has 25 heavy (non-hydrogen) atoms. The van der Waals surface area contributed by atoms with E-state index in [0.717, 1.165) is 12.0 Å². The van der Waals surface area contributed by atoms with Crippen molar-refractivity contribution in [1.82, 2.24) is 9.13 Å². The van der Waals surface area contributed by atoms with Crippen LogP contribution in [0.25, 0.3) is 0 Å². The van der Waals surface area contributed by atoms with Crippen LogP contribution in [0.1, 0.15) is 18.9 Å². The van der Waals surface area contributed by atoms with Gasteiger partial charge in [-0.2, -0.15) is 0 Å². The average Bonchev–Trinajstić information content (AvgIpc) is 2.64. The highest BCUT2D eigenvalue weighted by atomic mass is 16.5. The van der Waals surface area contributed by atoms with Crippen molar-refractivity contribution < 1.29 is 4.74 Å². The third-order valence-electron chi connectivity index (χ3n) is 4.40. The number of hydrogen-bond acceptors (Lipinski definition) is 5. The van der Waals surface area contributed by atoms with E-state index in [9.17, 15) is 9.59 Å². The Morgan fingerprint density at radius 3 is 2.40 bits per heavy atom. The molecule has 1 aliphatic heterocycles. The lowest BCUT2D eigenvalue weighted by molar-refractivity contribution is 0.122. The normalized spacial score (nSPS) is 14.7. The second kappa shape index (κ2) is 7.57. The van der Waals surface area contributed by atoms with E-state index in [2.05, 4.69) is 0 Å². The fourth-order valence-electron chi connectivity index (χ4n) is 3.13. The van der Waals surface area contributed by atoms with Crippen molar-refractivity contribution in [1.29, 1.82) is 0 Å². The van der Waals surface area contributed by atoms with Gasteiger partial charge in [0.15, 0.2) is 0 Å². The molecule has 1 aromatic heterocycles. The molecule has 0 aliphatic carbocycles. The van der Waals surface area contributed by atoms with Gasteiger partial charge in [-0.1, -0.05) is 37.3 Å². The zero-order valence-electron chi connectivity index (χ0n) is 14.5.